The Bertz CT molecular complexity index is 293. The van der Waals surface area contributed by atoms with Crippen LogP contribution in [0.4, 0.5) is 0 Å². The molecule has 0 N–H and O–H groups in total. The van der Waals surface area contributed by atoms with Crippen LogP contribution in [0.25, 0.3) is 0 Å². The summed E-state index contributed by atoms with van der Waals surface area (Å²) < 4.78 is 14.1. The summed E-state index contributed by atoms with van der Waals surface area (Å²) in [5, 5.41) is 0. The minimum atomic E-state index is -1.62. The Hall–Kier alpha value is -0.963. The van der Waals surface area contributed by atoms with Gasteiger partial charge in [0.15, 0.2) is 0 Å². The maximum Gasteiger partial charge on any atom is 0.498 e. The lowest BCUT2D eigenvalue weighted by Gasteiger charge is -2.01. The molecule has 24 heavy (non-hydrogen) atoms. The van der Waals surface area contributed by atoms with Gasteiger partial charge in [-0.1, -0.05) is 110 Å². The number of hydrogen-bond acceptors (Lipinski definition) is 2. The molecule has 0 aliphatic heterocycles. The minimum Gasteiger partial charge on any atom is -0.527 e. The second-order valence-electron chi connectivity index (χ2n) is 4.99. The van der Waals surface area contributed by atoms with Crippen molar-refractivity contribution >= 4 is 8.93 Å². The summed E-state index contributed by atoms with van der Waals surface area (Å²) in [6, 6.07) is 10.5. The fraction of sp³-hybridized carbons (Fsp3) is 0.714. The molecule has 0 radical (unpaired) electrons. The zero-order valence-corrected chi connectivity index (χ0v) is 13.9. The fourth-order valence-corrected chi connectivity index (χ4v) is 0.838. The second-order valence-corrected chi connectivity index (χ2v) is 6.38. The van der Waals surface area contributed by atoms with E-state index in [1.165, 1.54) is 12.7 Å². The molecule has 0 bridgehead atoms. The van der Waals surface area contributed by atoms with Crippen molar-refractivity contribution < 1.29 is 8.89 Å². The SMILES string of the molecule is C.C.C.C.C.C.CC(C)C.CC(C)c1ccccc1.CO[Si](C)=O. The van der Waals surface area contributed by atoms with Gasteiger partial charge in [0.25, 0.3) is 0 Å². The summed E-state index contributed by atoms with van der Waals surface area (Å²) in [6.07, 6.45) is 0. The van der Waals surface area contributed by atoms with Crippen molar-refractivity contribution in [1.29, 1.82) is 0 Å². The Labute approximate surface area is 158 Å². The molecule has 1 rings (SSSR count). The number of hydrogen-bond donors (Lipinski definition) is 0. The lowest BCUT2D eigenvalue weighted by Crippen LogP contribution is -1.92. The van der Waals surface area contributed by atoms with Crippen molar-refractivity contribution in [2.24, 2.45) is 5.92 Å². The van der Waals surface area contributed by atoms with Crippen molar-refractivity contribution in [3.8, 4) is 0 Å². The normalized spacial score (nSPS) is 6.71. The number of benzene rings is 1. The fourth-order valence-electron chi connectivity index (χ4n) is 0.838. The largest absolute Gasteiger partial charge is 0.527 e. The molecule has 0 spiro atoms. The van der Waals surface area contributed by atoms with Crippen LogP contribution in [-0.4, -0.2) is 16.0 Å². The highest BCUT2D eigenvalue weighted by molar-refractivity contribution is 6.32. The lowest BCUT2D eigenvalue weighted by molar-refractivity contribution is 0.370. The van der Waals surface area contributed by atoms with Gasteiger partial charge >= 0.3 is 8.93 Å². The predicted octanol–water partition coefficient (Wildman–Crippen LogP) is 8.47. The zero-order valence-electron chi connectivity index (χ0n) is 12.9. The average Bonchev–Trinajstić information content (AvgIpc) is 2.30. The van der Waals surface area contributed by atoms with Crippen LogP contribution in [0.3, 0.4) is 0 Å². The Morgan fingerprint density at radius 1 is 0.792 bits per heavy atom. The van der Waals surface area contributed by atoms with Gasteiger partial charge in [-0.3, -0.25) is 0 Å². The van der Waals surface area contributed by atoms with E-state index in [0.717, 1.165) is 5.92 Å². The summed E-state index contributed by atoms with van der Waals surface area (Å²) in [7, 11) is -0.192. The molecule has 0 saturated carbocycles. The van der Waals surface area contributed by atoms with Crippen LogP contribution in [0, 0.1) is 5.92 Å². The molecule has 0 heterocycles. The van der Waals surface area contributed by atoms with Gasteiger partial charge in [-0.25, -0.2) is 0 Å². The maximum absolute atomic E-state index is 9.78. The van der Waals surface area contributed by atoms with E-state index in [4.69, 9.17) is 0 Å². The van der Waals surface area contributed by atoms with E-state index < -0.39 is 8.93 Å². The third kappa shape index (κ3) is 49.7. The third-order valence-electron chi connectivity index (χ3n) is 1.75. The molecule has 0 fully saturated rings. The van der Waals surface area contributed by atoms with Gasteiger partial charge in [-0.05, 0) is 17.4 Å². The predicted molar refractivity (Wildman–Crippen MR) is 121 cm³/mol. The van der Waals surface area contributed by atoms with E-state index in [2.05, 4.69) is 63.3 Å². The van der Waals surface area contributed by atoms with Gasteiger partial charge in [0.1, 0.15) is 0 Å². The highest BCUT2D eigenvalue weighted by Gasteiger charge is 1.93. The molecule has 0 amide bonds. The maximum atomic E-state index is 9.78. The Morgan fingerprint density at radius 3 is 1.17 bits per heavy atom. The second kappa shape index (κ2) is 33.6. The molecule has 0 aromatic heterocycles. The van der Waals surface area contributed by atoms with Crippen LogP contribution in [0.1, 0.15) is 90.7 Å². The summed E-state index contributed by atoms with van der Waals surface area (Å²) >= 11 is 0. The van der Waals surface area contributed by atoms with Crippen molar-refractivity contribution in [3.05, 3.63) is 35.9 Å². The Morgan fingerprint density at radius 2 is 1.04 bits per heavy atom. The molecule has 3 heteroatoms. The first-order valence-corrected chi connectivity index (χ1v) is 8.22. The van der Waals surface area contributed by atoms with E-state index in [1.54, 1.807) is 6.55 Å². The highest BCUT2D eigenvalue weighted by Crippen LogP contribution is 2.11. The standard InChI is InChI=1S/C9H12.C4H10.C2H6O2Si.6CH4/c1-8(2)9-6-4-3-5-7-9;1-4(2)3;1-4-5(2)3;;;;;;/h3-8H,1-2H3;4H,1-3H3;1-2H3;6*1H4. The van der Waals surface area contributed by atoms with E-state index in [1.807, 2.05) is 6.07 Å². The monoisotopic (exact) mass is 364 g/mol. The van der Waals surface area contributed by atoms with Crippen LogP contribution in [0.15, 0.2) is 30.3 Å². The highest BCUT2D eigenvalue weighted by atomic mass is 28.3. The first-order valence-electron chi connectivity index (χ1n) is 6.40. The molecule has 0 unspecified atom stereocenters. The van der Waals surface area contributed by atoms with Crippen LogP contribution >= 0.6 is 0 Å². The molecular formula is C21H52O2Si. The quantitative estimate of drug-likeness (QED) is 0.492. The summed E-state index contributed by atoms with van der Waals surface area (Å²) in [5.74, 6) is 1.49. The molecule has 2 nitrogen and oxygen atoms in total. The molecule has 0 aliphatic carbocycles. The minimum absolute atomic E-state index is 0. The summed E-state index contributed by atoms with van der Waals surface area (Å²) in [6.45, 7) is 12.5. The average molecular weight is 365 g/mol. The molecule has 0 saturated heterocycles. The van der Waals surface area contributed by atoms with Gasteiger partial charge in [0.2, 0.25) is 0 Å². The van der Waals surface area contributed by atoms with Crippen LogP contribution in [-0.2, 0) is 8.89 Å². The van der Waals surface area contributed by atoms with Crippen molar-refractivity contribution in [2.75, 3.05) is 7.11 Å². The van der Waals surface area contributed by atoms with Crippen LogP contribution in [0.5, 0.6) is 0 Å². The summed E-state index contributed by atoms with van der Waals surface area (Å²) in [5.41, 5.74) is 1.41. The van der Waals surface area contributed by atoms with Crippen molar-refractivity contribution in [3.63, 3.8) is 0 Å². The van der Waals surface area contributed by atoms with Crippen molar-refractivity contribution in [2.45, 2.75) is 91.6 Å². The Kier molecular flexibility index (Phi) is 69.3. The smallest absolute Gasteiger partial charge is 0.498 e. The molecule has 152 valence electrons. The molecular weight excluding hydrogens is 312 g/mol. The van der Waals surface area contributed by atoms with Crippen LogP contribution < -0.4 is 0 Å². The summed E-state index contributed by atoms with van der Waals surface area (Å²) in [4.78, 5) is 0. The molecule has 1 aromatic carbocycles. The van der Waals surface area contributed by atoms with E-state index in [0.29, 0.717) is 5.92 Å². The molecule has 0 aliphatic rings. The van der Waals surface area contributed by atoms with E-state index in [9.17, 15) is 4.46 Å². The first-order chi connectivity index (χ1) is 8.31. The van der Waals surface area contributed by atoms with Crippen LogP contribution in [0.2, 0.25) is 6.55 Å². The van der Waals surface area contributed by atoms with Gasteiger partial charge in [0, 0.05) is 6.55 Å². The van der Waals surface area contributed by atoms with Gasteiger partial charge < -0.3 is 8.89 Å². The third-order valence-corrected chi connectivity index (χ3v) is 2.33. The van der Waals surface area contributed by atoms with Crippen molar-refractivity contribution in [1.82, 2.24) is 0 Å². The lowest BCUT2D eigenvalue weighted by atomic mass is 10.0. The van der Waals surface area contributed by atoms with E-state index in [-0.39, 0.29) is 44.6 Å². The van der Waals surface area contributed by atoms with Gasteiger partial charge in [-0.15, -0.1) is 0 Å². The first kappa shape index (κ1) is 49.5. The van der Waals surface area contributed by atoms with E-state index >= 15 is 0 Å². The zero-order chi connectivity index (χ0) is 14.6. The number of rotatable bonds is 2. The van der Waals surface area contributed by atoms with Gasteiger partial charge in [-0.2, -0.15) is 0 Å². The molecule has 0 atom stereocenters. The topological polar surface area (TPSA) is 26.3 Å². The molecule has 1 aromatic rings. The van der Waals surface area contributed by atoms with Gasteiger partial charge in [0.05, 0.1) is 7.11 Å². The Balaban J connectivity index is -0.0000000256.